The minimum absolute atomic E-state index is 0.283. The first-order chi connectivity index (χ1) is 9.15. The number of carbonyl (C=O) groups is 1. The van der Waals surface area contributed by atoms with Gasteiger partial charge >= 0.3 is 0 Å². The van der Waals surface area contributed by atoms with Gasteiger partial charge in [-0.1, -0.05) is 30.7 Å². The molecule has 1 aromatic carbocycles. The van der Waals surface area contributed by atoms with Gasteiger partial charge in [0.15, 0.2) is 0 Å². The number of thioether (sulfide) groups is 1. The number of piperidine rings is 1. The molecule has 0 N–H and O–H groups in total. The molecule has 4 heteroatoms. The molecule has 0 aromatic heterocycles. The molecule has 1 fully saturated rings. The van der Waals surface area contributed by atoms with Crippen molar-refractivity contribution in [1.82, 2.24) is 4.90 Å². The van der Waals surface area contributed by atoms with Crippen molar-refractivity contribution in [2.45, 2.75) is 25.5 Å². The third-order valence-electron chi connectivity index (χ3n) is 3.42. The van der Waals surface area contributed by atoms with Crippen LogP contribution in [0.25, 0.3) is 0 Å². The van der Waals surface area contributed by atoms with Crippen molar-refractivity contribution in [2.75, 3.05) is 18.8 Å². The molecule has 1 aliphatic heterocycles. The second-order valence-corrected chi connectivity index (χ2v) is 6.63. The number of benzene rings is 1. The topological polar surface area (TPSA) is 20.3 Å². The van der Waals surface area contributed by atoms with Crippen LogP contribution in [0.4, 0.5) is 0 Å². The molecule has 2 rings (SSSR count). The molecule has 0 radical (unpaired) electrons. The van der Waals surface area contributed by atoms with Gasteiger partial charge in [-0.25, -0.2) is 0 Å². The first-order valence-electron chi connectivity index (χ1n) is 6.75. The van der Waals surface area contributed by atoms with Crippen molar-refractivity contribution in [3.05, 3.63) is 34.9 Å². The van der Waals surface area contributed by atoms with E-state index in [2.05, 4.69) is 6.92 Å². The number of hydrogen-bond donors (Lipinski definition) is 0. The zero-order chi connectivity index (χ0) is 13.7. The molecule has 0 bridgehead atoms. The quantitative estimate of drug-likeness (QED) is 0.842. The largest absolute Gasteiger partial charge is 0.342 e. The molecule has 1 unspecified atom stereocenters. The van der Waals surface area contributed by atoms with E-state index >= 15 is 0 Å². The monoisotopic (exact) mass is 297 g/mol. The van der Waals surface area contributed by atoms with Crippen LogP contribution in [0.1, 0.15) is 25.3 Å². The highest BCUT2D eigenvalue weighted by atomic mass is 35.5. The van der Waals surface area contributed by atoms with Crippen molar-refractivity contribution < 1.29 is 4.79 Å². The van der Waals surface area contributed by atoms with E-state index in [9.17, 15) is 4.79 Å². The Morgan fingerprint density at radius 2 is 2.16 bits per heavy atom. The summed E-state index contributed by atoms with van der Waals surface area (Å²) >= 11 is 7.52. The van der Waals surface area contributed by atoms with Gasteiger partial charge in [-0.15, -0.1) is 11.8 Å². The molecule has 2 nitrogen and oxygen atoms in total. The summed E-state index contributed by atoms with van der Waals surface area (Å²) in [5, 5.41) is 0.757. The fourth-order valence-electron chi connectivity index (χ4n) is 2.34. The lowest BCUT2D eigenvalue weighted by atomic mass is 10.0. The van der Waals surface area contributed by atoms with Crippen LogP contribution in [0.15, 0.2) is 24.3 Å². The highest BCUT2D eigenvalue weighted by molar-refractivity contribution is 7.99. The summed E-state index contributed by atoms with van der Waals surface area (Å²) in [6.07, 6.45) is 2.40. The number of halogens is 1. The molecule has 0 saturated carbocycles. The summed E-state index contributed by atoms with van der Waals surface area (Å²) in [6.45, 7) is 4.09. The molecule has 1 heterocycles. The van der Waals surface area contributed by atoms with Gasteiger partial charge in [0.1, 0.15) is 0 Å². The summed E-state index contributed by atoms with van der Waals surface area (Å²) in [5.74, 6) is 2.38. The molecule has 1 aromatic rings. The molecule has 1 atom stereocenters. The Morgan fingerprint density at radius 1 is 1.42 bits per heavy atom. The maximum atomic E-state index is 12.1. The Labute approximate surface area is 124 Å². The molecule has 19 heavy (non-hydrogen) atoms. The third-order valence-corrected chi connectivity index (χ3v) is 4.66. The summed E-state index contributed by atoms with van der Waals surface area (Å²) in [5.41, 5.74) is 1.22. The summed E-state index contributed by atoms with van der Waals surface area (Å²) < 4.78 is 0. The lowest BCUT2D eigenvalue weighted by molar-refractivity contribution is -0.130. The van der Waals surface area contributed by atoms with Gasteiger partial charge in [0.05, 0.1) is 5.75 Å². The normalized spacial score (nSPS) is 19.5. The zero-order valence-corrected chi connectivity index (χ0v) is 12.8. The minimum Gasteiger partial charge on any atom is -0.342 e. The second kappa shape index (κ2) is 7.20. The molecule has 0 spiro atoms. The molecule has 104 valence electrons. The highest BCUT2D eigenvalue weighted by Crippen LogP contribution is 2.19. The van der Waals surface area contributed by atoms with Crippen LogP contribution >= 0.6 is 23.4 Å². The molecule has 1 amide bonds. The maximum absolute atomic E-state index is 12.1. The Hall–Kier alpha value is -0.670. The Morgan fingerprint density at radius 3 is 2.84 bits per heavy atom. The third kappa shape index (κ3) is 4.73. The van der Waals surface area contributed by atoms with Crippen molar-refractivity contribution in [3.63, 3.8) is 0 Å². The van der Waals surface area contributed by atoms with Crippen LogP contribution in [-0.2, 0) is 10.5 Å². The van der Waals surface area contributed by atoms with Gasteiger partial charge < -0.3 is 4.90 Å². The zero-order valence-electron chi connectivity index (χ0n) is 11.3. The average molecular weight is 298 g/mol. The second-order valence-electron chi connectivity index (χ2n) is 5.21. The number of amides is 1. The first kappa shape index (κ1) is 14.7. The molecule has 1 aliphatic rings. The fourth-order valence-corrected chi connectivity index (χ4v) is 3.36. The molecular weight excluding hydrogens is 278 g/mol. The van der Waals surface area contributed by atoms with Gasteiger partial charge in [-0.3, -0.25) is 4.79 Å². The van der Waals surface area contributed by atoms with E-state index in [0.717, 1.165) is 30.3 Å². The van der Waals surface area contributed by atoms with Crippen molar-refractivity contribution in [2.24, 2.45) is 5.92 Å². The van der Waals surface area contributed by atoms with Gasteiger partial charge in [0.2, 0.25) is 5.91 Å². The fraction of sp³-hybridized carbons (Fsp3) is 0.533. The maximum Gasteiger partial charge on any atom is 0.232 e. The van der Waals surface area contributed by atoms with Crippen LogP contribution in [0.5, 0.6) is 0 Å². The van der Waals surface area contributed by atoms with Crippen molar-refractivity contribution in [3.8, 4) is 0 Å². The van der Waals surface area contributed by atoms with E-state index in [1.165, 1.54) is 12.0 Å². The van der Waals surface area contributed by atoms with E-state index in [1.54, 1.807) is 11.8 Å². The van der Waals surface area contributed by atoms with E-state index < -0.39 is 0 Å². The Kier molecular flexibility index (Phi) is 5.59. The van der Waals surface area contributed by atoms with Gasteiger partial charge in [0.25, 0.3) is 0 Å². The molecule has 0 aliphatic carbocycles. The summed E-state index contributed by atoms with van der Waals surface area (Å²) in [4.78, 5) is 14.1. The van der Waals surface area contributed by atoms with E-state index in [0.29, 0.717) is 11.7 Å². The van der Waals surface area contributed by atoms with Crippen LogP contribution in [0.2, 0.25) is 5.02 Å². The standard InChI is InChI=1S/C15H20ClNOS/c1-12-3-2-8-17(9-12)15(18)11-19-10-13-4-6-14(16)7-5-13/h4-7,12H,2-3,8-11H2,1H3. The van der Waals surface area contributed by atoms with Crippen molar-refractivity contribution in [1.29, 1.82) is 0 Å². The van der Waals surface area contributed by atoms with Gasteiger partial charge in [0, 0.05) is 23.9 Å². The van der Waals surface area contributed by atoms with E-state index in [1.807, 2.05) is 29.2 Å². The number of likely N-dealkylation sites (tertiary alicyclic amines) is 1. The Balaban J connectivity index is 1.73. The van der Waals surface area contributed by atoms with Crippen LogP contribution in [-0.4, -0.2) is 29.6 Å². The minimum atomic E-state index is 0.283. The predicted octanol–water partition coefficient (Wildman–Crippen LogP) is 3.83. The number of nitrogens with zero attached hydrogens (tertiary/aromatic N) is 1. The smallest absolute Gasteiger partial charge is 0.232 e. The Bertz CT molecular complexity index is 421. The predicted molar refractivity (Wildman–Crippen MR) is 82.6 cm³/mol. The number of hydrogen-bond acceptors (Lipinski definition) is 2. The summed E-state index contributed by atoms with van der Waals surface area (Å²) in [7, 11) is 0. The van der Waals surface area contributed by atoms with Crippen LogP contribution in [0, 0.1) is 5.92 Å². The summed E-state index contributed by atoms with van der Waals surface area (Å²) in [6, 6.07) is 7.82. The van der Waals surface area contributed by atoms with Gasteiger partial charge in [-0.05, 0) is 36.5 Å². The SMILES string of the molecule is CC1CCCN(C(=O)CSCc2ccc(Cl)cc2)C1. The average Bonchev–Trinajstić information content (AvgIpc) is 2.41. The number of carbonyl (C=O) groups excluding carboxylic acids is 1. The van der Waals surface area contributed by atoms with Crippen LogP contribution < -0.4 is 0 Å². The van der Waals surface area contributed by atoms with Crippen LogP contribution in [0.3, 0.4) is 0 Å². The number of rotatable bonds is 4. The lowest BCUT2D eigenvalue weighted by Gasteiger charge is -2.30. The molecule has 1 saturated heterocycles. The highest BCUT2D eigenvalue weighted by Gasteiger charge is 2.20. The first-order valence-corrected chi connectivity index (χ1v) is 8.28. The molecular formula is C15H20ClNOS. The van der Waals surface area contributed by atoms with Crippen molar-refractivity contribution >= 4 is 29.3 Å². The lowest BCUT2D eigenvalue weighted by Crippen LogP contribution is -2.40. The van der Waals surface area contributed by atoms with E-state index in [-0.39, 0.29) is 5.91 Å². The van der Waals surface area contributed by atoms with Gasteiger partial charge in [-0.2, -0.15) is 0 Å². The van der Waals surface area contributed by atoms with E-state index in [4.69, 9.17) is 11.6 Å².